The van der Waals surface area contributed by atoms with Crippen molar-refractivity contribution in [3.63, 3.8) is 0 Å². The maximum Gasteiger partial charge on any atom is 0.369 e. The zero-order valence-electron chi connectivity index (χ0n) is 22.3. The van der Waals surface area contributed by atoms with Crippen molar-refractivity contribution in [1.29, 1.82) is 0 Å². The molecule has 40 heavy (non-hydrogen) atoms. The lowest BCUT2D eigenvalue weighted by Gasteiger charge is -2.15. The first-order valence-corrected chi connectivity index (χ1v) is 16.0. The predicted molar refractivity (Wildman–Crippen MR) is 181 cm³/mol. The van der Waals surface area contributed by atoms with Gasteiger partial charge in [-0.25, -0.2) is 9.97 Å². The van der Waals surface area contributed by atoms with Gasteiger partial charge in [0.15, 0.2) is 5.82 Å². The van der Waals surface area contributed by atoms with Crippen LogP contribution in [0.2, 0.25) is 0 Å². The van der Waals surface area contributed by atoms with Gasteiger partial charge in [0, 0.05) is 12.0 Å². The SMILES string of the molecule is BrB(Br)Br.COc1ccc(C(C)C(=O)Nc2ncc(-c3ccc(C)cc3)nc2Cc2ccccc2)cc1.ClCCl. The minimum absolute atomic E-state index is 0.133. The molecule has 11 heteroatoms. The van der Waals surface area contributed by atoms with Crippen LogP contribution in [0.3, 0.4) is 0 Å². The highest BCUT2D eigenvalue weighted by Crippen LogP contribution is 2.25. The summed E-state index contributed by atoms with van der Waals surface area (Å²) in [4.78, 5) is 22.5. The molecule has 1 heterocycles. The van der Waals surface area contributed by atoms with E-state index in [4.69, 9.17) is 32.9 Å². The zero-order valence-corrected chi connectivity index (χ0v) is 28.5. The number of nitrogens with one attached hydrogen (secondary N) is 1. The molecule has 1 N–H and O–H groups in total. The molecular formula is C29H29BBr3Cl2N3O2. The Morgan fingerprint density at radius 1 is 0.975 bits per heavy atom. The molecule has 1 aromatic heterocycles. The van der Waals surface area contributed by atoms with E-state index in [2.05, 4.69) is 76.6 Å². The fraction of sp³-hybridized carbons (Fsp3) is 0.207. The molecule has 0 aliphatic heterocycles. The van der Waals surface area contributed by atoms with Crippen LogP contribution in [0.4, 0.5) is 5.82 Å². The van der Waals surface area contributed by atoms with Gasteiger partial charge in [0.05, 0.1) is 36.0 Å². The summed E-state index contributed by atoms with van der Waals surface area (Å²) in [5, 5.41) is 3.20. The Kier molecular flexibility index (Phi) is 15.9. The molecule has 5 nitrogen and oxygen atoms in total. The Hall–Kier alpha value is -1.91. The number of carbonyl (C=O) groups is 1. The van der Waals surface area contributed by atoms with Gasteiger partial charge in [-0.2, -0.15) is 0 Å². The normalized spacial score (nSPS) is 10.7. The molecule has 3 aromatic carbocycles. The molecule has 0 aliphatic rings. The number of ether oxygens (including phenoxy) is 1. The van der Waals surface area contributed by atoms with Crippen LogP contribution in [0.5, 0.6) is 5.75 Å². The second-order valence-electron chi connectivity index (χ2n) is 8.41. The molecule has 210 valence electrons. The van der Waals surface area contributed by atoms with Gasteiger partial charge in [0.2, 0.25) is 5.91 Å². The average Bonchev–Trinajstić information content (AvgIpc) is 2.95. The summed E-state index contributed by atoms with van der Waals surface area (Å²) in [7, 11) is 1.62. The van der Waals surface area contributed by atoms with Gasteiger partial charge in [-0.05, 0) is 37.1 Å². The van der Waals surface area contributed by atoms with Crippen LogP contribution in [0, 0.1) is 6.92 Å². The first-order chi connectivity index (χ1) is 19.2. The monoisotopic (exact) mass is 769 g/mol. The highest BCUT2D eigenvalue weighted by atomic mass is 79.9. The van der Waals surface area contributed by atoms with Crippen molar-refractivity contribution in [2.45, 2.75) is 26.2 Å². The van der Waals surface area contributed by atoms with E-state index in [0.717, 1.165) is 33.8 Å². The number of methoxy groups -OCH3 is 1. The number of carbonyl (C=O) groups excluding carboxylic acids is 1. The average molecular weight is 773 g/mol. The standard InChI is InChI=1S/C28H27N3O2.CH2Cl2.BBr3/c1-19-9-11-23(12-10-19)26-18-29-27(25(30-26)17-21-7-5-4-6-8-21)31-28(32)20(2)22-13-15-24(33-3)16-14-22;2-1-3;2-1(3)4/h4-16,18,20H,17H2,1-3H3,(H,29,31,32);1H2;. The predicted octanol–water partition coefficient (Wildman–Crippen LogP) is 9.37. The van der Waals surface area contributed by atoms with E-state index in [9.17, 15) is 4.79 Å². The lowest BCUT2D eigenvalue weighted by atomic mass is 10.00. The number of nitrogens with zero attached hydrogens (tertiary/aromatic N) is 2. The Labute approximate surface area is 271 Å². The van der Waals surface area contributed by atoms with E-state index in [-0.39, 0.29) is 20.3 Å². The first-order valence-electron chi connectivity index (χ1n) is 12.1. The topological polar surface area (TPSA) is 64.1 Å². The summed E-state index contributed by atoms with van der Waals surface area (Å²) >= 11 is 18.8. The van der Waals surface area contributed by atoms with Gasteiger partial charge in [0.25, 0.3) is 0 Å². The smallest absolute Gasteiger partial charge is 0.369 e. The minimum Gasteiger partial charge on any atom is -0.497 e. The van der Waals surface area contributed by atoms with Crippen molar-refractivity contribution in [3.8, 4) is 17.0 Å². The maximum atomic E-state index is 13.1. The lowest BCUT2D eigenvalue weighted by Crippen LogP contribution is -2.21. The van der Waals surface area contributed by atoms with Gasteiger partial charge in [-0.15, -0.1) is 70.5 Å². The summed E-state index contributed by atoms with van der Waals surface area (Å²) < 4.78 is 5.48. The summed E-state index contributed by atoms with van der Waals surface area (Å²) in [5.74, 6) is 0.764. The summed E-state index contributed by atoms with van der Waals surface area (Å²) in [6, 6.07) is 25.8. The van der Waals surface area contributed by atoms with E-state index >= 15 is 0 Å². The number of aromatic nitrogens is 2. The van der Waals surface area contributed by atoms with Gasteiger partial charge < -0.3 is 10.1 Å². The summed E-state index contributed by atoms with van der Waals surface area (Å²) in [6.45, 7) is 3.93. The number of hydrogen-bond acceptors (Lipinski definition) is 4. The van der Waals surface area contributed by atoms with Gasteiger partial charge in [0.1, 0.15) is 5.75 Å². The van der Waals surface area contributed by atoms with Crippen LogP contribution in [0.15, 0.2) is 85.1 Å². The van der Waals surface area contributed by atoms with Crippen molar-refractivity contribution in [1.82, 2.24) is 9.97 Å². The Morgan fingerprint density at radius 3 is 2.10 bits per heavy atom. The molecule has 1 amide bonds. The van der Waals surface area contributed by atoms with E-state index in [1.54, 1.807) is 13.3 Å². The van der Waals surface area contributed by atoms with Crippen LogP contribution in [-0.4, -0.2) is 31.5 Å². The third-order valence-corrected chi connectivity index (χ3v) is 5.66. The molecule has 4 rings (SSSR count). The number of amides is 1. The van der Waals surface area contributed by atoms with Crippen molar-refractivity contribution in [3.05, 3.63) is 107 Å². The lowest BCUT2D eigenvalue weighted by molar-refractivity contribution is -0.117. The molecule has 0 radical (unpaired) electrons. The van der Waals surface area contributed by atoms with Gasteiger partial charge >= 0.3 is 3.18 Å². The number of benzene rings is 3. The highest BCUT2D eigenvalue weighted by molar-refractivity contribution is 9.69. The molecule has 0 aliphatic carbocycles. The molecule has 1 unspecified atom stereocenters. The van der Waals surface area contributed by atoms with E-state index in [1.807, 2.05) is 73.7 Å². The van der Waals surface area contributed by atoms with Crippen molar-refractivity contribution in [2.24, 2.45) is 0 Å². The number of alkyl halides is 2. The minimum atomic E-state index is -0.348. The van der Waals surface area contributed by atoms with Crippen LogP contribution in [0.25, 0.3) is 11.3 Å². The first kappa shape index (κ1) is 34.3. The quantitative estimate of drug-likeness (QED) is 0.150. The molecule has 0 bridgehead atoms. The largest absolute Gasteiger partial charge is 0.497 e. The molecule has 0 fully saturated rings. The maximum absolute atomic E-state index is 13.1. The molecule has 0 saturated carbocycles. The molecule has 1 atom stereocenters. The Morgan fingerprint density at radius 2 is 1.55 bits per heavy atom. The van der Waals surface area contributed by atoms with Gasteiger partial charge in [-0.1, -0.05) is 72.3 Å². The Bertz CT molecular complexity index is 1310. The summed E-state index contributed by atoms with van der Waals surface area (Å²) in [5.41, 5.74) is 5.70. The number of rotatable bonds is 7. The third-order valence-electron chi connectivity index (χ3n) is 5.66. The van der Waals surface area contributed by atoms with Crippen molar-refractivity contribution < 1.29 is 9.53 Å². The zero-order chi connectivity index (χ0) is 29.5. The second kappa shape index (κ2) is 18.5. The number of anilines is 1. The molecule has 0 saturated heterocycles. The number of halogens is 5. The van der Waals surface area contributed by atoms with Crippen molar-refractivity contribution in [2.75, 3.05) is 17.8 Å². The number of aryl methyl sites for hydroxylation is 1. The molecular weight excluding hydrogens is 744 g/mol. The third kappa shape index (κ3) is 11.9. The molecule has 4 aromatic rings. The fourth-order valence-electron chi connectivity index (χ4n) is 3.58. The fourth-order valence-corrected chi connectivity index (χ4v) is 3.58. The number of hydrogen-bond donors (Lipinski definition) is 1. The van der Waals surface area contributed by atoms with Crippen LogP contribution in [-0.2, 0) is 11.2 Å². The van der Waals surface area contributed by atoms with E-state index < -0.39 is 0 Å². The van der Waals surface area contributed by atoms with Crippen LogP contribution in [0.1, 0.15) is 35.2 Å². The van der Waals surface area contributed by atoms with E-state index in [0.29, 0.717) is 12.2 Å². The van der Waals surface area contributed by atoms with Gasteiger partial charge in [-0.3, -0.25) is 4.79 Å². The van der Waals surface area contributed by atoms with E-state index in [1.165, 1.54) is 5.56 Å². The second-order valence-corrected chi connectivity index (χ2v) is 15.7. The van der Waals surface area contributed by atoms with Crippen molar-refractivity contribution >= 4 is 85.4 Å². The highest BCUT2D eigenvalue weighted by Gasteiger charge is 2.19. The van der Waals surface area contributed by atoms with Crippen LogP contribution < -0.4 is 10.1 Å². The Balaban J connectivity index is 0.000000722. The van der Waals surface area contributed by atoms with Crippen LogP contribution >= 0.6 is 70.5 Å². The summed E-state index contributed by atoms with van der Waals surface area (Å²) in [6.07, 6.45) is 2.28. The molecule has 0 spiro atoms.